The summed E-state index contributed by atoms with van der Waals surface area (Å²) in [7, 11) is 0. The Morgan fingerprint density at radius 2 is 2.25 bits per heavy atom. The van der Waals surface area contributed by atoms with Crippen molar-refractivity contribution < 1.29 is 4.92 Å². The molecule has 0 atom stereocenters. The number of nitrogens with zero attached hydrogens (tertiary/aromatic N) is 1. The lowest BCUT2D eigenvalue weighted by Gasteiger charge is -2.05. The van der Waals surface area contributed by atoms with Gasteiger partial charge in [-0.25, -0.2) is 0 Å². The second kappa shape index (κ2) is 5.84. The highest BCUT2D eigenvalue weighted by atomic mass is 35.5. The maximum Gasteiger partial charge on any atom is 0.269 e. The van der Waals surface area contributed by atoms with E-state index in [1.165, 1.54) is 18.2 Å². The number of benzene rings is 1. The molecule has 0 fully saturated rings. The number of hydrogen-bond donors (Lipinski definition) is 1. The molecular formula is C10H10Cl2N2O2. The highest BCUT2D eigenvalue weighted by Gasteiger charge is 2.09. The zero-order valence-corrected chi connectivity index (χ0v) is 9.88. The average Bonchev–Trinajstić information content (AvgIpc) is 2.20. The van der Waals surface area contributed by atoms with Crippen LogP contribution in [0.25, 0.3) is 0 Å². The van der Waals surface area contributed by atoms with Crippen molar-refractivity contribution in [2.24, 2.45) is 0 Å². The fraction of sp³-hybridized carbons (Fsp3) is 0.200. The van der Waals surface area contributed by atoms with Gasteiger partial charge in [-0.2, -0.15) is 0 Å². The van der Waals surface area contributed by atoms with Crippen LogP contribution in [0.15, 0.2) is 29.8 Å². The van der Waals surface area contributed by atoms with Gasteiger partial charge in [0.2, 0.25) is 0 Å². The van der Waals surface area contributed by atoms with E-state index in [9.17, 15) is 10.1 Å². The molecule has 1 N–H and O–H groups in total. The first-order valence-electron chi connectivity index (χ1n) is 4.47. The molecule has 0 unspecified atom stereocenters. The molecule has 6 heteroatoms. The number of nitro groups is 1. The Morgan fingerprint density at radius 1 is 1.56 bits per heavy atom. The van der Waals surface area contributed by atoms with E-state index in [-0.39, 0.29) is 5.69 Å². The summed E-state index contributed by atoms with van der Waals surface area (Å²) < 4.78 is 0. The molecule has 1 rings (SSSR count). The smallest absolute Gasteiger partial charge is 0.269 e. The van der Waals surface area contributed by atoms with Gasteiger partial charge in [-0.05, 0) is 11.6 Å². The number of hydrogen-bond acceptors (Lipinski definition) is 3. The van der Waals surface area contributed by atoms with Gasteiger partial charge in [0.1, 0.15) is 0 Å². The summed E-state index contributed by atoms with van der Waals surface area (Å²) in [6.45, 7) is 4.36. The first-order valence-corrected chi connectivity index (χ1v) is 5.23. The average molecular weight is 261 g/mol. The number of nitro benzene ring substituents is 1. The summed E-state index contributed by atoms with van der Waals surface area (Å²) in [6, 6.07) is 4.31. The minimum Gasteiger partial charge on any atom is -0.308 e. The summed E-state index contributed by atoms with van der Waals surface area (Å²) in [6.07, 6.45) is 0. The molecule has 0 spiro atoms. The van der Waals surface area contributed by atoms with E-state index in [0.29, 0.717) is 28.7 Å². The Labute approximate surface area is 103 Å². The maximum absolute atomic E-state index is 10.6. The van der Waals surface area contributed by atoms with E-state index >= 15 is 0 Å². The number of non-ortho nitro benzene ring substituents is 1. The predicted molar refractivity (Wildman–Crippen MR) is 64.8 cm³/mol. The van der Waals surface area contributed by atoms with E-state index in [4.69, 9.17) is 23.2 Å². The molecule has 4 nitrogen and oxygen atoms in total. The Hall–Kier alpha value is -1.10. The SMILES string of the molecule is C=C(Cl)CNCc1cc([N+](=O)[O-])ccc1Cl. The van der Waals surface area contributed by atoms with Crippen molar-refractivity contribution >= 4 is 28.9 Å². The van der Waals surface area contributed by atoms with Gasteiger partial charge in [-0.1, -0.05) is 29.8 Å². The van der Waals surface area contributed by atoms with Crippen LogP contribution in [0.1, 0.15) is 5.56 Å². The van der Waals surface area contributed by atoms with Crippen LogP contribution < -0.4 is 5.32 Å². The molecule has 0 aliphatic carbocycles. The standard InChI is InChI=1S/C10H10Cl2N2O2/c1-7(11)5-13-6-8-4-9(14(15)16)2-3-10(8)12/h2-4,13H,1,5-6H2. The molecule has 0 bridgehead atoms. The molecule has 0 aromatic heterocycles. The third kappa shape index (κ3) is 3.81. The number of halogens is 2. The van der Waals surface area contributed by atoms with Gasteiger partial charge in [-0.3, -0.25) is 10.1 Å². The lowest BCUT2D eigenvalue weighted by atomic mass is 10.2. The number of nitrogens with one attached hydrogen (secondary N) is 1. The summed E-state index contributed by atoms with van der Waals surface area (Å²) in [5.41, 5.74) is 0.680. The van der Waals surface area contributed by atoms with Crippen LogP contribution in [-0.2, 0) is 6.54 Å². The topological polar surface area (TPSA) is 55.2 Å². The van der Waals surface area contributed by atoms with E-state index in [1.54, 1.807) is 0 Å². The van der Waals surface area contributed by atoms with Gasteiger partial charge in [0, 0.05) is 35.3 Å². The largest absolute Gasteiger partial charge is 0.308 e. The molecule has 0 saturated heterocycles. The van der Waals surface area contributed by atoms with Gasteiger partial charge in [0.05, 0.1) is 4.92 Å². The maximum atomic E-state index is 10.6. The molecule has 16 heavy (non-hydrogen) atoms. The monoisotopic (exact) mass is 260 g/mol. The Kier molecular flexibility index (Phi) is 4.73. The fourth-order valence-electron chi connectivity index (χ4n) is 1.14. The predicted octanol–water partition coefficient (Wildman–Crippen LogP) is 3.09. The third-order valence-electron chi connectivity index (χ3n) is 1.87. The van der Waals surface area contributed by atoms with Crippen molar-refractivity contribution in [3.8, 4) is 0 Å². The van der Waals surface area contributed by atoms with Crippen LogP contribution in [0.3, 0.4) is 0 Å². The van der Waals surface area contributed by atoms with Crippen molar-refractivity contribution in [3.63, 3.8) is 0 Å². The lowest BCUT2D eigenvalue weighted by molar-refractivity contribution is -0.384. The van der Waals surface area contributed by atoms with Crippen molar-refractivity contribution in [1.29, 1.82) is 0 Å². The number of rotatable bonds is 5. The van der Waals surface area contributed by atoms with E-state index in [2.05, 4.69) is 11.9 Å². The van der Waals surface area contributed by atoms with Gasteiger partial charge in [-0.15, -0.1) is 0 Å². The molecule has 0 amide bonds. The summed E-state index contributed by atoms with van der Waals surface area (Å²) in [4.78, 5) is 10.1. The third-order valence-corrected chi connectivity index (χ3v) is 2.37. The van der Waals surface area contributed by atoms with E-state index in [0.717, 1.165) is 0 Å². The minimum absolute atomic E-state index is 0.0194. The van der Waals surface area contributed by atoms with Gasteiger partial charge in [0.25, 0.3) is 5.69 Å². The summed E-state index contributed by atoms with van der Waals surface area (Å²) in [5.74, 6) is 0. The quantitative estimate of drug-likeness (QED) is 0.654. The highest BCUT2D eigenvalue weighted by Crippen LogP contribution is 2.21. The molecule has 1 aromatic rings. The molecule has 86 valence electrons. The Bertz CT molecular complexity index is 421. The fourth-order valence-corrected chi connectivity index (χ4v) is 1.42. The van der Waals surface area contributed by atoms with E-state index in [1.807, 2.05) is 0 Å². The van der Waals surface area contributed by atoms with E-state index < -0.39 is 4.92 Å². The van der Waals surface area contributed by atoms with Crippen molar-refractivity contribution in [3.05, 3.63) is 50.5 Å². The molecule has 0 aliphatic heterocycles. The molecule has 0 saturated carbocycles. The van der Waals surface area contributed by atoms with Crippen LogP contribution in [0.5, 0.6) is 0 Å². The second-order valence-electron chi connectivity index (χ2n) is 3.15. The Balaban J connectivity index is 2.74. The lowest BCUT2D eigenvalue weighted by Crippen LogP contribution is -2.14. The van der Waals surface area contributed by atoms with Crippen LogP contribution >= 0.6 is 23.2 Å². The van der Waals surface area contributed by atoms with Crippen molar-refractivity contribution in [2.75, 3.05) is 6.54 Å². The van der Waals surface area contributed by atoms with Gasteiger partial charge < -0.3 is 5.32 Å². The Morgan fingerprint density at radius 3 is 2.81 bits per heavy atom. The van der Waals surface area contributed by atoms with Crippen LogP contribution in [0, 0.1) is 10.1 Å². The van der Waals surface area contributed by atoms with Gasteiger partial charge >= 0.3 is 0 Å². The first kappa shape index (κ1) is 13.0. The van der Waals surface area contributed by atoms with Crippen molar-refractivity contribution in [2.45, 2.75) is 6.54 Å². The second-order valence-corrected chi connectivity index (χ2v) is 4.10. The summed E-state index contributed by atoms with van der Waals surface area (Å²) in [5, 5.41) is 14.5. The minimum atomic E-state index is -0.458. The molecule has 0 heterocycles. The zero-order valence-electron chi connectivity index (χ0n) is 8.37. The van der Waals surface area contributed by atoms with Crippen LogP contribution in [0.4, 0.5) is 5.69 Å². The van der Waals surface area contributed by atoms with Gasteiger partial charge in [0.15, 0.2) is 0 Å². The summed E-state index contributed by atoms with van der Waals surface area (Å²) >= 11 is 11.5. The normalized spacial score (nSPS) is 10.1. The molecule has 1 aromatic carbocycles. The van der Waals surface area contributed by atoms with Crippen molar-refractivity contribution in [1.82, 2.24) is 5.32 Å². The van der Waals surface area contributed by atoms with Crippen LogP contribution in [0.2, 0.25) is 5.02 Å². The first-order chi connectivity index (χ1) is 7.50. The zero-order chi connectivity index (χ0) is 12.1. The molecule has 0 aliphatic rings. The highest BCUT2D eigenvalue weighted by molar-refractivity contribution is 6.31. The van der Waals surface area contributed by atoms with Crippen LogP contribution in [-0.4, -0.2) is 11.5 Å². The molecular weight excluding hydrogens is 251 g/mol. The molecule has 0 radical (unpaired) electrons.